The number of halogens is 3. The number of aliphatic hydroxyl groups excluding tert-OH is 1. The molecule has 0 aliphatic rings. The minimum atomic E-state index is -4.50. The predicted octanol–water partition coefficient (Wildman–Crippen LogP) is 2.54. The molecule has 1 N–H and O–H groups in total. The van der Waals surface area contributed by atoms with Gasteiger partial charge in [-0.3, -0.25) is 4.79 Å². The van der Waals surface area contributed by atoms with Crippen LogP contribution in [0.15, 0.2) is 36.0 Å². The number of thiophene rings is 1. The van der Waals surface area contributed by atoms with Gasteiger partial charge in [-0.15, -0.1) is 11.3 Å². The highest BCUT2D eigenvalue weighted by Crippen LogP contribution is 2.25. The van der Waals surface area contributed by atoms with Gasteiger partial charge in [-0.25, -0.2) is 0 Å². The number of hydrogen-bond acceptors (Lipinski definition) is 3. The largest absolute Gasteiger partial charge is 0.406 e. The summed E-state index contributed by atoms with van der Waals surface area (Å²) in [5.74, 6) is -0.736. The summed E-state index contributed by atoms with van der Waals surface area (Å²) in [4.78, 5) is 13.1. The molecule has 0 fully saturated rings. The summed E-state index contributed by atoms with van der Waals surface area (Å²) in [6.45, 7) is -2.26. The molecule has 2 heterocycles. The molecule has 2 rings (SSSR count). The number of amides is 1. The summed E-state index contributed by atoms with van der Waals surface area (Å²) in [6, 6.07) is 5.18. The second-order valence-electron chi connectivity index (χ2n) is 4.29. The Morgan fingerprint density at radius 3 is 2.57 bits per heavy atom. The molecule has 0 bridgehead atoms. The zero-order chi connectivity index (χ0) is 15.5. The van der Waals surface area contributed by atoms with Crippen LogP contribution >= 0.6 is 11.3 Å². The number of carbonyl (C=O) groups excluding carboxylic acids is 1. The summed E-state index contributed by atoms with van der Waals surface area (Å²) in [5, 5.41) is 10.5. The minimum Gasteiger partial charge on any atom is -0.395 e. The third-order valence-electron chi connectivity index (χ3n) is 2.75. The Hall–Kier alpha value is -1.80. The predicted molar refractivity (Wildman–Crippen MR) is 72.7 cm³/mol. The van der Waals surface area contributed by atoms with Crippen LogP contribution in [0.3, 0.4) is 0 Å². The highest BCUT2D eigenvalue weighted by molar-refractivity contribution is 7.12. The van der Waals surface area contributed by atoms with E-state index in [4.69, 9.17) is 5.11 Å². The Labute approximate surface area is 123 Å². The molecular weight excluding hydrogens is 305 g/mol. The molecule has 0 saturated carbocycles. The van der Waals surface area contributed by atoms with E-state index in [1.54, 1.807) is 40.5 Å². The maximum absolute atomic E-state index is 12.5. The van der Waals surface area contributed by atoms with Crippen molar-refractivity contribution < 1.29 is 23.1 Å². The van der Waals surface area contributed by atoms with E-state index in [1.165, 1.54) is 0 Å². The molecule has 0 aliphatic carbocycles. The Bertz CT molecular complexity index is 593. The number of aromatic nitrogens is 1. The average Bonchev–Trinajstić information content (AvgIpc) is 3.06. The Morgan fingerprint density at radius 1 is 1.33 bits per heavy atom. The second-order valence-corrected chi connectivity index (χ2v) is 5.21. The molecule has 0 atom stereocenters. The fourth-order valence-corrected chi connectivity index (χ4v) is 2.75. The molecule has 1 amide bonds. The lowest BCUT2D eigenvalue weighted by Crippen LogP contribution is -2.40. The second kappa shape index (κ2) is 6.31. The summed E-state index contributed by atoms with van der Waals surface area (Å²) >= 11 is 1.08. The van der Waals surface area contributed by atoms with Crippen LogP contribution in [-0.2, 0) is 0 Å². The molecule has 4 nitrogen and oxygen atoms in total. The van der Waals surface area contributed by atoms with Gasteiger partial charge in [0.25, 0.3) is 5.91 Å². The monoisotopic (exact) mass is 318 g/mol. The van der Waals surface area contributed by atoms with E-state index in [1.807, 2.05) is 0 Å². The van der Waals surface area contributed by atoms with Gasteiger partial charge in [-0.05, 0) is 23.6 Å². The number of hydrogen-bond donors (Lipinski definition) is 1. The minimum absolute atomic E-state index is 0.212. The molecule has 8 heteroatoms. The van der Waals surface area contributed by atoms with Gasteiger partial charge in [0, 0.05) is 18.9 Å². The SMILES string of the molecule is O=C(c1sccc1-n1cccc1)N(CCO)CC(F)(F)F. The van der Waals surface area contributed by atoms with Crippen LogP contribution < -0.4 is 0 Å². The van der Waals surface area contributed by atoms with Crippen LogP contribution in [0, 0.1) is 0 Å². The van der Waals surface area contributed by atoms with E-state index in [9.17, 15) is 18.0 Å². The highest BCUT2D eigenvalue weighted by atomic mass is 32.1. The zero-order valence-corrected chi connectivity index (χ0v) is 11.7. The summed E-state index contributed by atoms with van der Waals surface area (Å²) < 4.78 is 39.2. The van der Waals surface area contributed by atoms with Gasteiger partial charge in [0.05, 0.1) is 12.3 Å². The van der Waals surface area contributed by atoms with Crippen LogP contribution in [-0.4, -0.2) is 46.4 Å². The van der Waals surface area contributed by atoms with E-state index in [0.717, 1.165) is 11.3 Å². The lowest BCUT2D eigenvalue weighted by atomic mass is 10.3. The van der Waals surface area contributed by atoms with Crippen molar-refractivity contribution in [2.45, 2.75) is 6.18 Å². The number of alkyl halides is 3. The van der Waals surface area contributed by atoms with E-state index < -0.39 is 25.2 Å². The molecule has 0 radical (unpaired) electrons. The lowest BCUT2D eigenvalue weighted by Gasteiger charge is -2.23. The fourth-order valence-electron chi connectivity index (χ4n) is 1.89. The molecule has 114 valence electrons. The molecule has 2 aromatic heterocycles. The van der Waals surface area contributed by atoms with Crippen LogP contribution in [0.5, 0.6) is 0 Å². The van der Waals surface area contributed by atoms with Gasteiger partial charge in [0.1, 0.15) is 11.4 Å². The smallest absolute Gasteiger partial charge is 0.395 e. The van der Waals surface area contributed by atoms with E-state index in [-0.39, 0.29) is 11.4 Å². The van der Waals surface area contributed by atoms with Crippen LogP contribution in [0.1, 0.15) is 9.67 Å². The highest BCUT2D eigenvalue weighted by Gasteiger charge is 2.34. The van der Waals surface area contributed by atoms with Crippen molar-refractivity contribution in [3.8, 4) is 5.69 Å². The van der Waals surface area contributed by atoms with Crippen molar-refractivity contribution in [1.82, 2.24) is 9.47 Å². The first kappa shape index (κ1) is 15.6. The maximum Gasteiger partial charge on any atom is 0.406 e. The topological polar surface area (TPSA) is 45.5 Å². The molecule has 0 aromatic carbocycles. The number of nitrogens with zero attached hydrogens (tertiary/aromatic N) is 2. The van der Waals surface area contributed by atoms with E-state index in [2.05, 4.69) is 0 Å². The van der Waals surface area contributed by atoms with Crippen LogP contribution in [0.25, 0.3) is 5.69 Å². The van der Waals surface area contributed by atoms with Crippen molar-refractivity contribution in [3.05, 3.63) is 40.8 Å². The van der Waals surface area contributed by atoms with E-state index in [0.29, 0.717) is 10.6 Å². The normalized spacial score (nSPS) is 11.6. The van der Waals surface area contributed by atoms with Gasteiger partial charge in [0.2, 0.25) is 0 Å². The quantitative estimate of drug-likeness (QED) is 0.921. The standard InChI is InChI=1S/C13H13F3N2O2S/c14-13(15,16)9-18(6-7-19)12(20)11-10(3-8-21-11)17-4-1-2-5-17/h1-5,8,19H,6-7,9H2. The van der Waals surface area contributed by atoms with Gasteiger partial charge in [-0.2, -0.15) is 13.2 Å². The summed E-state index contributed by atoms with van der Waals surface area (Å²) in [5.41, 5.74) is 0.528. The van der Waals surface area contributed by atoms with Crippen LogP contribution in [0.2, 0.25) is 0 Å². The van der Waals surface area contributed by atoms with Gasteiger partial charge in [0.15, 0.2) is 0 Å². The van der Waals surface area contributed by atoms with E-state index >= 15 is 0 Å². The Balaban J connectivity index is 2.27. The van der Waals surface area contributed by atoms with Crippen molar-refractivity contribution in [2.75, 3.05) is 19.7 Å². The van der Waals surface area contributed by atoms with Gasteiger partial charge >= 0.3 is 6.18 Å². The molecule has 0 saturated heterocycles. The average molecular weight is 318 g/mol. The summed E-state index contributed by atoms with van der Waals surface area (Å²) in [6.07, 6.45) is -1.09. The molecule has 0 spiro atoms. The van der Waals surface area contributed by atoms with Gasteiger partial charge in [-0.1, -0.05) is 0 Å². The number of carbonyl (C=O) groups is 1. The zero-order valence-electron chi connectivity index (χ0n) is 10.9. The number of aliphatic hydroxyl groups is 1. The van der Waals surface area contributed by atoms with Crippen LogP contribution in [0.4, 0.5) is 13.2 Å². The summed E-state index contributed by atoms with van der Waals surface area (Å²) in [7, 11) is 0. The molecular formula is C13H13F3N2O2S. The van der Waals surface area contributed by atoms with Gasteiger partial charge < -0.3 is 14.6 Å². The third kappa shape index (κ3) is 3.85. The Kier molecular flexibility index (Phi) is 4.69. The van der Waals surface area contributed by atoms with Crippen molar-refractivity contribution in [3.63, 3.8) is 0 Å². The molecule has 21 heavy (non-hydrogen) atoms. The Morgan fingerprint density at radius 2 is 2.00 bits per heavy atom. The maximum atomic E-state index is 12.5. The first-order chi connectivity index (χ1) is 9.92. The fraction of sp³-hybridized carbons (Fsp3) is 0.308. The third-order valence-corrected chi connectivity index (χ3v) is 3.64. The molecule has 0 aliphatic heterocycles. The number of rotatable bonds is 5. The first-order valence-corrected chi connectivity index (χ1v) is 6.98. The lowest BCUT2D eigenvalue weighted by molar-refractivity contribution is -0.141. The van der Waals surface area contributed by atoms with Crippen molar-refractivity contribution in [2.24, 2.45) is 0 Å². The van der Waals surface area contributed by atoms with Crippen molar-refractivity contribution >= 4 is 17.2 Å². The molecule has 2 aromatic rings. The molecule has 0 unspecified atom stereocenters. The first-order valence-electron chi connectivity index (χ1n) is 6.10. The van der Waals surface area contributed by atoms with Crippen molar-refractivity contribution in [1.29, 1.82) is 0 Å².